The molecule has 68 valence electrons. The van der Waals surface area contributed by atoms with Gasteiger partial charge in [-0.3, -0.25) is 0 Å². The quantitative estimate of drug-likeness (QED) is 0.765. The van der Waals surface area contributed by atoms with Crippen LogP contribution in [0.3, 0.4) is 0 Å². The molecule has 0 aliphatic rings. The van der Waals surface area contributed by atoms with Gasteiger partial charge in [0.15, 0.2) is 0 Å². The molecule has 0 aromatic carbocycles. The lowest BCUT2D eigenvalue weighted by atomic mass is 9.99. The van der Waals surface area contributed by atoms with Crippen molar-refractivity contribution in [3.8, 4) is 0 Å². The van der Waals surface area contributed by atoms with Crippen molar-refractivity contribution in [3.05, 3.63) is 21.9 Å². The summed E-state index contributed by atoms with van der Waals surface area (Å²) in [7, 11) is 0. The van der Waals surface area contributed by atoms with Gasteiger partial charge in [0.1, 0.15) is 0 Å². The van der Waals surface area contributed by atoms with Crippen molar-refractivity contribution in [2.24, 2.45) is 11.7 Å². The van der Waals surface area contributed by atoms with Crippen LogP contribution in [0.1, 0.15) is 36.1 Å². The SMILES string of the molecule is CCC(C)C(N)c1ccc(C)s1. The van der Waals surface area contributed by atoms with Gasteiger partial charge in [-0.1, -0.05) is 20.3 Å². The van der Waals surface area contributed by atoms with E-state index in [1.54, 1.807) is 0 Å². The first-order valence-corrected chi connectivity index (χ1v) is 5.28. The summed E-state index contributed by atoms with van der Waals surface area (Å²) in [5.74, 6) is 0.586. The van der Waals surface area contributed by atoms with E-state index in [-0.39, 0.29) is 6.04 Å². The fourth-order valence-electron chi connectivity index (χ4n) is 1.17. The van der Waals surface area contributed by atoms with E-state index in [0.29, 0.717) is 5.92 Å². The van der Waals surface area contributed by atoms with Crippen LogP contribution in [-0.4, -0.2) is 0 Å². The molecular formula is C10H17NS. The first-order chi connectivity index (χ1) is 5.65. The normalized spacial score (nSPS) is 16.0. The van der Waals surface area contributed by atoms with E-state index >= 15 is 0 Å². The van der Waals surface area contributed by atoms with Gasteiger partial charge in [0.2, 0.25) is 0 Å². The van der Waals surface area contributed by atoms with E-state index in [4.69, 9.17) is 5.73 Å². The molecule has 1 aromatic rings. The van der Waals surface area contributed by atoms with E-state index in [1.807, 2.05) is 11.3 Å². The molecule has 0 amide bonds. The maximum absolute atomic E-state index is 6.07. The summed E-state index contributed by atoms with van der Waals surface area (Å²) in [6.07, 6.45) is 1.15. The third-order valence-electron chi connectivity index (χ3n) is 2.35. The molecule has 0 spiro atoms. The second-order valence-electron chi connectivity index (χ2n) is 3.36. The summed E-state index contributed by atoms with van der Waals surface area (Å²) in [6.45, 7) is 6.52. The summed E-state index contributed by atoms with van der Waals surface area (Å²) in [6, 6.07) is 4.52. The van der Waals surface area contributed by atoms with E-state index in [1.165, 1.54) is 9.75 Å². The van der Waals surface area contributed by atoms with E-state index in [2.05, 4.69) is 32.9 Å². The summed E-state index contributed by atoms with van der Waals surface area (Å²) < 4.78 is 0. The molecule has 2 unspecified atom stereocenters. The van der Waals surface area contributed by atoms with Crippen molar-refractivity contribution in [2.75, 3.05) is 0 Å². The number of nitrogens with two attached hydrogens (primary N) is 1. The molecule has 0 fully saturated rings. The van der Waals surface area contributed by atoms with Crippen molar-refractivity contribution >= 4 is 11.3 Å². The standard InChI is InChI=1S/C10H17NS/c1-4-7(2)10(11)9-6-5-8(3)12-9/h5-7,10H,4,11H2,1-3H3. The zero-order valence-corrected chi connectivity index (χ0v) is 8.82. The third kappa shape index (κ3) is 2.08. The van der Waals surface area contributed by atoms with Gasteiger partial charge in [-0.25, -0.2) is 0 Å². The van der Waals surface area contributed by atoms with Crippen LogP contribution in [0.25, 0.3) is 0 Å². The molecule has 0 saturated carbocycles. The molecule has 12 heavy (non-hydrogen) atoms. The molecule has 0 saturated heterocycles. The Labute approximate surface area is 78.6 Å². The van der Waals surface area contributed by atoms with Crippen LogP contribution >= 0.6 is 11.3 Å². The van der Waals surface area contributed by atoms with Crippen LogP contribution in [0.2, 0.25) is 0 Å². The molecule has 0 radical (unpaired) electrons. The number of thiophene rings is 1. The molecule has 1 nitrogen and oxygen atoms in total. The van der Waals surface area contributed by atoms with Crippen molar-refractivity contribution < 1.29 is 0 Å². The number of rotatable bonds is 3. The molecule has 0 bridgehead atoms. The van der Waals surface area contributed by atoms with Gasteiger partial charge in [-0.15, -0.1) is 11.3 Å². The van der Waals surface area contributed by atoms with Gasteiger partial charge in [0, 0.05) is 15.8 Å². The van der Waals surface area contributed by atoms with Crippen LogP contribution in [0, 0.1) is 12.8 Å². The highest BCUT2D eigenvalue weighted by molar-refractivity contribution is 7.12. The minimum Gasteiger partial charge on any atom is -0.323 e. The number of hydrogen-bond acceptors (Lipinski definition) is 2. The zero-order chi connectivity index (χ0) is 9.14. The average Bonchev–Trinajstić information content (AvgIpc) is 2.49. The molecule has 2 heteroatoms. The molecule has 2 N–H and O–H groups in total. The molecule has 0 aliphatic heterocycles. The highest BCUT2D eigenvalue weighted by atomic mass is 32.1. The highest BCUT2D eigenvalue weighted by Crippen LogP contribution is 2.27. The molecule has 0 aliphatic carbocycles. The van der Waals surface area contributed by atoms with Crippen LogP contribution < -0.4 is 5.73 Å². The van der Waals surface area contributed by atoms with Crippen molar-refractivity contribution in [2.45, 2.75) is 33.2 Å². The van der Waals surface area contributed by atoms with Gasteiger partial charge in [0.25, 0.3) is 0 Å². The summed E-state index contributed by atoms with van der Waals surface area (Å²) >= 11 is 1.81. The van der Waals surface area contributed by atoms with Gasteiger partial charge >= 0.3 is 0 Å². The highest BCUT2D eigenvalue weighted by Gasteiger charge is 2.13. The topological polar surface area (TPSA) is 26.0 Å². The Morgan fingerprint density at radius 2 is 2.17 bits per heavy atom. The van der Waals surface area contributed by atoms with Gasteiger partial charge < -0.3 is 5.73 Å². The Balaban J connectivity index is 2.70. The van der Waals surface area contributed by atoms with Crippen molar-refractivity contribution in [1.82, 2.24) is 0 Å². The van der Waals surface area contributed by atoms with Gasteiger partial charge in [-0.2, -0.15) is 0 Å². The second-order valence-corrected chi connectivity index (χ2v) is 4.68. The molecule has 2 atom stereocenters. The summed E-state index contributed by atoms with van der Waals surface area (Å²) in [5.41, 5.74) is 6.07. The third-order valence-corrected chi connectivity index (χ3v) is 3.45. The largest absolute Gasteiger partial charge is 0.323 e. The van der Waals surface area contributed by atoms with E-state index in [0.717, 1.165) is 6.42 Å². The fraction of sp³-hybridized carbons (Fsp3) is 0.600. The smallest absolute Gasteiger partial charge is 0.0415 e. The first kappa shape index (κ1) is 9.75. The molecule has 1 rings (SSSR count). The van der Waals surface area contributed by atoms with Crippen molar-refractivity contribution in [1.29, 1.82) is 0 Å². The Bertz CT molecular complexity index is 242. The van der Waals surface area contributed by atoms with E-state index in [9.17, 15) is 0 Å². The molecule has 1 aromatic heterocycles. The van der Waals surface area contributed by atoms with Crippen LogP contribution in [-0.2, 0) is 0 Å². The molecule has 1 heterocycles. The van der Waals surface area contributed by atoms with Crippen molar-refractivity contribution in [3.63, 3.8) is 0 Å². The van der Waals surface area contributed by atoms with Crippen LogP contribution in [0.5, 0.6) is 0 Å². The monoisotopic (exact) mass is 183 g/mol. The first-order valence-electron chi connectivity index (χ1n) is 4.47. The molecular weight excluding hydrogens is 166 g/mol. The van der Waals surface area contributed by atoms with Crippen LogP contribution in [0.4, 0.5) is 0 Å². The number of hydrogen-bond donors (Lipinski definition) is 1. The summed E-state index contributed by atoms with van der Waals surface area (Å²) in [4.78, 5) is 2.67. The lowest BCUT2D eigenvalue weighted by Crippen LogP contribution is -2.16. The minimum atomic E-state index is 0.230. The Morgan fingerprint density at radius 3 is 2.58 bits per heavy atom. The second kappa shape index (κ2) is 4.06. The zero-order valence-electron chi connectivity index (χ0n) is 8.00. The Kier molecular flexibility index (Phi) is 3.29. The lowest BCUT2D eigenvalue weighted by Gasteiger charge is -2.16. The Hall–Kier alpha value is -0.340. The fourth-order valence-corrected chi connectivity index (χ4v) is 2.18. The minimum absolute atomic E-state index is 0.230. The average molecular weight is 183 g/mol. The lowest BCUT2D eigenvalue weighted by molar-refractivity contribution is 0.462. The Morgan fingerprint density at radius 1 is 1.50 bits per heavy atom. The van der Waals surface area contributed by atoms with Crippen LogP contribution in [0.15, 0.2) is 12.1 Å². The van der Waals surface area contributed by atoms with Gasteiger partial charge in [-0.05, 0) is 25.0 Å². The van der Waals surface area contributed by atoms with E-state index < -0.39 is 0 Å². The van der Waals surface area contributed by atoms with Gasteiger partial charge in [0.05, 0.1) is 0 Å². The maximum Gasteiger partial charge on any atom is 0.0415 e. The predicted octanol–water partition coefficient (Wildman–Crippen LogP) is 3.10. The number of aryl methyl sites for hydroxylation is 1. The summed E-state index contributed by atoms with van der Waals surface area (Å²) in [5, 5.41) is 0. The maximum atomic E-state index is 6.07. The predicted molar refractivity (Wildman–Crippen MR) is 55.4 cm³/mol.